The van der Waals surface area contributed by atoms with Crippen LogP contribution in [0.3, 0.4) is 0 Å². The van der Waals surface area contributed by atoms with Gasteiger partial charge in [-0.2, -0.15) is 0 Å². The first-order valence-corrected chi connectivity index (χ1v) is 8.53. The van der Waals surface area contributed by atoms with Crippen molar-refractivity contribution >= 4 is 23.1 Å². The van der Waals surface area contributed by atoms with Crippen LogP contribution in [0.4, 0.5) is 0 Å². The van der Waals surface area contributed by atoms with Gasteiger partial charge >= 0.3 is 0 Å². The first kappa shape index (κ1) is 15.4. The fourth-order valence-corrected chi connectivity index (χ4v) is 2.92. The summed E-state index contributed by atoms with van der Waals surface area (Å²) in [5, 5.41) is 0. The Morgan fingerprint density at radius 3 is 2.47 bits per heavy atom. The minimum atomic E-state index is -1.66. The molecule has 0 amide bonds. The van der Waals surface area contributed by atoms with Gasteiger partial charge in [0.25, 0.3) is 0 Å². The van der Waals surface area contributed by atoms with Crippen LogP contribution in [0.5, 0.6) is 0 Å². The van der Waals surface area contributed by atoms with E-state index in [1.807, 2.05) is 6.26 Å². The Morgan fingerprint density at radius 1 is 1.24 bits per heavy atom. The molecule has 1 unspecified atom stereocenters. The van der Waals surface area contributed by atoms with Gasteiger partial charge in [0.05, 0.1) is 12.2 Å². The average Bonchev–Trinajstić information content (AvgIpc) is 2.31. The molecule has 0 saturated heterocycles. The first-order valence-electron chi connectivity index (χ1n) is 6.11. The number of hydrogen-bond acceptors (Lipinski definition) is 4. The van der Waals surface area contributed by atoms with Crippen LogP contribution in [-0.4, -0.2) is 39.6 Å². The van der Waals surface area contributed by atoms with E-state index in [0.29, 0.717) is 24.6 Å². The van der Waals surface area contributed by atoms with E-state index in [1.54, 1.807) is 0 Å². The smallest absolute Gasteiger partial charge is 0.152 e. The van der Waals surface area contributed by atoms with Crippen molar-refractivity contribution in [2.24, 2.45) is 0 Å². The van der Waals surface area contributed by atoms with Gasteiger partial charge in [0.15, 0.2) is 11.1 Å². The van der Waals surface area contributed by atoms with Gasteiger partial charge in [-0.3, -0.25) is 0 Å². The van der Waals surface area contributed by atoms with E-state index >= 15 is 0 Å². The van der Waals surface area contributed by atoms with Crippen molar-refractivity contribution in [2.75, 3.05) is 18.6 Å². The second-order valence-electron chi connectivity index (χ2n) is 4.27. The lowest BCUT2D eigenvalue weighted by Gasteiger charge is -2.27. The summed E-state index contributed by atoms with van der Waals surface area (Å²) in [5.41, 5.74) is 0. The van der Waals surface area contributed by atoms with Crippen molar-refractivity contribution in [3.8, 4) is 0 Å². The molecular formula is C11H22O4S2. The van der Waals surface area contributed by atoms with Crippen LogP contribution in [0.1, 0.15) is 38.5 Å². The number of ether oxygens (including phenoxy) is 1. The summed E-state index contributed by atoms with van der Waals surface area (Å²) in [6.45, 7) is 0.704. The highest BCUT2D eigenvalue weighted by atomic mass is 32.2. The average molecular weight is 282 g/mol. The monoisotopic (exact) mass is 282 g/mol. The predicted molar refractivity (Wildman–Crippen MR) is 71.5 cm³/mol. The summed E-state index contributed by atoms with van der Waals surface area (Å²) in [6.07, 6.45) is 8.61. The molecule has 0 radical (unpaired) electrons. The third-order valence-corrected chi connectivity index (χ3v) is 4.02. The molecule has 0 aromatic rings. The third-order valence-electron chi connectivity index (χ3n) is 2.92. The summed E-state index contributed by atoms with van der Waals surface area (Å²) < 4.78 is 30.3. The van der Waals surface area contributed by atoms with Gasteiger partial charge in [0.2, 0.25) is 0 Å². The molecule has 1 aliphatic carbocycles. The molecule has 1 N–H and O–H groups in total. The van der Waals surface area contributed by atoms with Crippen molar-refractivity contribution in [2.45, 2.75) is 50.7 Å². The zero-order valence-corrected chi connectivity index (χ0v) is 11.9. The van der Waals surface area contributed by atoms with Crippen LogP contribution in [0.15, 0.2) is 0 Å². The summed E-state index contributed by atoms with van der Waals surface area (Å²) in [5.74, 6) is 0.359. The minimum absolute atomic E-state index is 0.358. The zero-order valence-electron chi connectivity index (χ0n) is 10.3. The second-order valence-corrected chi connectivity index (χ2v) is 5.84. The minimum Gasteiger partial charge on any atom is -0.378 e. The quantitative estimate of drug-likeness (QED) is 0.421. The lowest BCUT2D eigenvalue weighted by molar-refractivity contribution is 0.00523. The molecule has 1 fully saturated rings. The van der Waals surface area contributed by atoms with E-state index in [0.717, 1.165) is 38.5 Å². The van der Waals surface area contributed by atoms with Crippen LogP contribution in [0.2, 0.25) is 0 Å². The molecule has 1 atom stereocenters. The van der Waals surface area contributed by atoms with E-state index in [-0.39, 0.29) is 0 Å². The standard InChI is InChI=1S/C11H22O4S2/c1-16-15-11-6-4-10(5-7-11)14-8-2-3-9-17(12)13/h10-11H,2-9H2,1H3,(H,12,13). The van der Waals surface area contributed by atoms with Crippen LogP contribution in [-0.2, 0) is 20.0 Å². The van der Waals surface area contributed by atoms with E-state index in [4.69, 9.17) is 13.5 Å². The normalized spacial score (nSPS) is 26.9. The molecule has 0 aromatic heterocycles. The number of rotatable bonds is 8. The summed E-state index contributed by atoms with van der Waals surface area (Å²) in [6, 6.07) is 0. The van der Waals surface area contributed by atoms with Crippen molar-refractivity contribution in [3.05, 3.63) is 0 Å². The largest absolute Gasteiger partial charge is 0.378 e. The fraction of sp³-hybridized carbons (Fsp3) is 1.00. The van der Waals surface area contributed by atoms with Gasteiger partial charge in [0.1, 0.15) is 0 Å². The van der Waals surface area contributed by atoms with E-state index < -0.39 is 11.1 Å². The molecule has 1 aliphatic rings. The highest BCUT2D eigenvalue weighted by Crippen LogP contribution is 2.25. The molecule has 0 aromatic carbocycles. The van der Waals surface area contributed by atoms with Crippen LogP contribution in [0.25, 0.3) is 0 Å². The predicted octanol–water partition coefficient (Wildman–Crippen LogP) is 2.61. The van der Waals surface area contributed by atoms with Crippen LogP contribution >= 0.6 is 12.0 Å². The first-order chi connectivity index (χ1) is 8.22. The zero-order chi connectivity index (χ0) is 12.5. The van der Waals surface area contributed by atoms with Crippen molar-refractivity contribution in [1.82, 2.24) is 0 Å². The Balaban J connectivity index is 1.97. The van der Waals surface area contributed by atoms with Crippen LogP contribution < -0.4 is 0 Å². The molecule has 6 heteroatoms. The molecule has 1 saturated carbocycles. The lowest BCUT2D eigenvalue weighted by Crippen LogP contribution is -2.25. The topological polar surface area (TPSA) is 55.8 Å². The Morgan fingerprint density at radius 2 is 1.88 bits per heavy atom. The summed E-state index contributed by atoms with van der Waals surface area (Å²) >= 11 is -0.212. The van der Waals surface area contributed by atoms with E-state index in [1.165, 1.54) is 12.0 Å². The van der Waals surface area contributed by atoms with Gasteiger partial charge < -0.3 is 13.5 Å². The Kier molecular flexibility index (Phi) is 8.47. The molecular weight excluding hydrogens is 260 g/mol. The highest BCUT2D eigenvalue weighted by molar-refractivity contribution is 7.93. The molecule has 0 spiro atoms. The summed E-state index contributed by atoms with van der Waals surface area (Å²) in [4.78, 5) is 0. The Bertz CT molecular complexity index is 218. The molecule has 0 heterocycles. The van der Waals surface area contributed by atoms with Crippen molar-refractivity contribution in [3.63, 3.8) is 0 Å². The van der Waals surface area contributed by atoms with Gasteiger partial charge in [-0.05, 0) is 50.6 Å². The maximum absolute atomic E-state index is 10.4. The van der Waals surface area contributed by atoms with Gasteiger partial charge in [-0.25, -0.2) is 4.21 Å². The summed E-state index contributed by atoms with van der Waals surface area (Å²) in [7, 11) is 0. The molecule has 0 aliphatic heterocycles. The third kappa shape index (κ3) is 7.41. The molecule has 17 heavy (non-hydrogen) atoms. The maximum Gasteiger partial charge on any atom is 0.152 e. The molecule has 0 bridgehead atoms. The Labute approximate surface area is 110 Å². The SMILES string of the molecule is CSOC1CCC(OCCCCS(=O)O)CC1. The van der Waals surface area contributed by atoms with Gasteiger partial charge in [-0.15, -0.1) is 0 Å². The fourth-order valence-electron chi connectivity index (χ4n) is 2.01. The highest BCUT2D eigenvalue weighted by Gasteiger charge is 2.21. The molecule has 4 nitrogen and oxygen atoms in total. The van der Waals surface area contributed by atoms with Crippen LogP contribution in [0, 0.1) is 0 Å². The maximum atomic E-state index is 10.4. The lowest BCUT2D eigenvalue weighted by atomic mass is 9.95. The van der Waals surface area contributed by atoms with E-state index in [9.17, 15) is 4.21 Å². The Hall–Kier alpha value is 0.380. The van der Waals surface area contributed by atoms with E-state index in [2.05, 4.69) is 0 Å². The van der Waals surface area contributed by atoms with Crippen molar-refractivity contribution < 1.29 is 17.7 Å². The number of unbranched alkanes of at least 4 members (excludes halogenated alkanes) is 1. The molecule has 102 valence electrons. The molecule has 1 rings (SSSR count). The van der Waals surface area contributed by atoms with Crippen molar-refractivity contribution in [1.29, 1.82) is 0 Å². The van der Waals surface area contributed by atoms with Gasteiger partial charge in [0, 0.05) is 18.6 Å². The second kappa shape index (κ2) is 9.33. The van der Waals surface area contributed by atoms with Gasteiger partial charge in [-0.1, -0.05) is 0 Å². The number of hydrogen-bond donors (Lipinski definition) is 1.